The molecular formula is C67H127NO5. The van der Waals surface area contributed by atoms with E-state index in [1.54, 1.807) is 0 Å². The number of aliphatic hydroxyl groups is 2. The Kier molecular flexibility index (Phi) is 61.0. The standard InChI is InChI=1S/C67H127NO5/c1-3-5-7-9-11-13-15-16-37-41-45-49-53-57-61-67(72)73-62-58-54-50-46-42-38-35-33-31-29-27-25-23-21-19-17-18-20-22-24-26-28-30-32-34-36-40-44-48-52-56-60-66(71)68-64(63-69)65(70)59-55-51-47-43-39-14-12-10-8-6-4-2/h15-16,19,21,25,27,64-65,69-70H,3-14,17-18,20,22-24,26,28-63H2,1-2H3,(H,68,71)/b16-15-,21-19-,27-25-. The molecule has 2 atom stereocenters. The molecule has 0 saturated heterocycles. The van der Waals surface area contributed by atoms with Crippen LogP contribution in [0.1, 0.15) is 354 Å². The van der Waals surface area contributed by atoms with E-state index in [1.807, 2.05) is 0 Å². The Morgan fingerprint density at radius 1 is 0.384 bits per heavy atom. The van der Waals surface area contributed by atoms with Crippen LogP contribution in [0.15, 0.2) is 36.5 Å². The molecule has 0 aliphatic heterocycles. The molecular weight excluding hydrogens is 899 g/mol. The van der Waals surface area contributed by atoms with E-state index in [2.05, 4.69) is 55.6 Å². The SMILES string of the molecule is CCCCCCC/C=C\CCCCCCCC(=O)OCCCCCCCCCCC/C=C\C/C=C\CCCCCCCCCCCCCCCCCC(=O)NC(CO)C(O)CCCCCCCCCCCCC. The molecule has 0 saturated carbocycles. The number of unbranched alkanes of at least 4 members (excludes halogenated alkanes) is 44. The number of amides is 1. The highest BCUT2D eigenvalue weighted by molar-refractivity contribution is 5.76. The number of esters is 1. The highest BCUT2D eigenvalue weighted by Gasteiger charge is 2.20. The fraction of sp³-hybridized carbons (Fsp3) is 0.881. The van der Waals surface area contributed by atoms with Crippen LogP contribution in [0, 0.1) is 0 Å². The first kappa shape index (κ1) is 71.1. The molecule has 0 aromatic heterocycles. The van der Waals surface area contributed by atoms with E-state index >= 15 is 0 Å². The maximum atomic E-state index is 12.5. The highest BCUT2D eigenvalue weighted by Crippen LogP contribution is 2.18. The number of ether oxygens (including phenoxy) is 1. The minimum Gasteiger partial charge on any atom is -0.466 e. The van der Waals surface area contributed by atoms with Crippen LogP contribution in [0.5, 0.6) is 0 Å². The topological polar surface area (TPSA) is 95.9 Å². The second-order valence-corrected chi connectivity index (χ2v) is 22.4. The van der Waals surface area contributed by atoms with Crippen molar-refractivity contribution in [1.29, 1.82) is 0 Å². The number of carbonyl (C=O) groups is 2. The van der Waals surface area contributed by atoms with Crippen molar-refractivity contribution in [2.75, 3.05) is 13.2 Å². The van der Waals surface area contributed by atoms with Gasteiger partial charge < -0.3 is 20.3 Å². The molecule has 0 rings (SSSR count). The van der Waals surface area contributed by atoms with Crippen molar-refractivity contribution in [2.45, 2.75) is 366 Å². The van der Waals surface area contributed by atoms with Crippen LogP contribution in [0.2, 0.25) is 0 Å². The fourth-order valence-corrected chi connectivity index (χ4v) is 10.1. The summed E-state index contributed by atoms with van der Waals surface area (Å²) < 4.78 is 5.48. The van der Waals surface area contributed by atoms with Crippen LogP contribution in [0.4, 0.5) is 0 Å². The van der Waals surface area contributed by atoms with Gasteiger partial charge >= 0.3 is 5.97 Å². The summed E-state index contributed by atoms with van der Waals surface area (Å²) >= 11 is 0. The summed E-state index contributed by atoms with van der Waals surface area (Å²) in [5.41, 5.74) is 0. The predicted octanol–water partition coefficient (Wildman–Crippen LogP) is 20.8. The maximum absolute atomic E-state index is 12.5. The molecule has 1 amide bonds. The molecule has 0 aromatic carbocycles. The van der Waals surface area contributed by atoms with Gasteiger partial charge in [0.05, 0.1) is 25.4 Å². The summed E-state index contributed by atoms with van der Waals surface area (Å²) in [5.74, 6) is -0.0297. The van der Waals surface area contributed by atoms with Crippen LogP contribution in [0.25, 0.3) is 0 Å². The van der Waals surface area contributed by atoms with Crippen molar-refractivity contribution < 1.29 is 24.5 Å². The van der Waals surface area contributed by atoms with Gasteiger partial charge in [-0.05, 0) is 83.5 Å². The summed E-state index contributed by atoms with van der Waals surface area (Å²) in [6, 6.07) is -0.540. The van der Waals surface area contributed by atoms with Crippen LogP contribution < -0.4 is 5.32 Å². The van der Waals surface area contributed by atoms with Gasteiger partial charge in [-0.15, -0.1) is 0 Å². The molecule has 0 aliphatic rings. The van der Waals surface area contributed by atoms with E-state index in [0.29, 0.717) is 25.9 Å². The lowest BCUT2D eigenvalue weighted by atomic mass is 10.0. The number of hydrogen-bond donors (Lipinski definition) is 3. The molecule has 6 nitrogen and oxygen atoms in total. The lowest BCUT2D eigenvalue weighted by molar-refractivity contribution is -0.143. The highest BCUT2D eigenvalue weighted by atomic mass is 16.5. The Morgan fingerprint density at radius 3 is 1.05 bits per heavy atom. The third-order valence-corrected chi connectivity index (χ3v) is 15.2. The van der Waals surface area contributed by atoms with Crippen molar-refractivity contribution in [3.05, 3.63) is 36.5 Å². The minimum atomic E-state index is -0.662. The Labute approximate surface area is 455 Å². The normalized spacial score (nSPS) is 12.8. The van der Waals surface area contributed by atoms with Crippen LogP contribution in [0.3, 0.4) is 0 Å². The van der Waals surface area contributed by atoms with Gasteiger partial charge in [-0.1, -0.05) is 294 Å². The van der Waals surface area contributed by atoms with E-state index in [4.69, 9.17) is 4.74 Å². The summed E-state index contributed by atoms with van der Waals surface area (Å²) in [6.45, 7) is 4.94. The largest absolute Gasteiger partial charge is 0.466 e. The van der Waals surface area contributed by atoms with Crippen LogP contribution in [-0.2, 0) is 14.3 Å². The molecule has 0 radical (unpaired) electrons. The molecule has 6 heteroatoms. The van der Waals surface area contributed by atoms with Gasteiger partial charge in [0.25, 0.3) is 0 Å². The first-order chi connectivity index (χ1) is 36.0. The van der Waals surface area contributed by atoms with Gasteiger partial charge in [0, 0.05) is 12.8 Å². The Morgan fingerprint density at radius 2 is 0.685 bits per heavy atom. The number of aliphatic hydroxyl groups excluding tert-OH is 2. The van der Waals surface area contributed by atoms with E-state index < -0.39 is 12.1 Å². The van der Waals surface area contributed by atoms with Gasteiger partial charge in [-0.3, -0.25) is 9.59 Å². The second-order valence-electron chi connectivity index (χ2n) is 22.4. The van der Waals surface area contributed by atoms with E-state index in [0.717, 1.165) is 51.4 Å². The predicted molar refractivity (Wildman–Crippen MR) is 319 cm³/mol. The molecule has 0 spiro atoms. The summed E-state index contributed by atoms with van der Waals surface area (Å²) in [7, 11) is 0. The Hall–Kier alpha value is -1.92. The lowest BCUT2D eigenvalue weighted by Gasteiger charge is -2.22. The van der Waals surface area contributed by atoms with Gasteiger partial charge in [-0.2, -0.15) is 0 Å². The monoisotopic (exact) mass is 1030 g/mol. The quantitative estimate of drug-likeness (QED) is 0.0320. The van der Waals surface area contributed by atoms with Gasteiger partial charge in [0.1, 0.15) is 0 Å². The fourth-order valence-electron chi connectivity index (χ4n) is 10.1. The van der Waals surface area contributed by atoms with E-state index in [-0.39, 0.29) is 18.5 Å². The molecule has 430 valence electrons. The smallest absolute Gasteiger partial charge is 0.305 e. The van der Waals surface area contributed by atoms with E-state index in [1.165, 1.54) is 270 Å². The molecule has 0 heterocycles. The first-order valence-electron chi connectivity index (χ1n) is 32.7. The number of rotatable bonds is 61. The molecule has 2 unspecified atom stereocenters. The number of carbonyl (C=O) groups excluding carboxylic acids is 2. The molecule has 3 N–H and O–H groups in total. The van der Waals surface area contributed by atoms with Crippen molar-refractivity contribution >= 4 is 11.9 Å². The third kappa shape index (κ3) is 59.2. The number of allylic oxidation sites excluding steroid dienone is 6. The van der Waals surface area contributed by atoms with Gasteiger partial charge in [0.15, 0.2) is 0 Å². The number of hydrogen-bond acceptors (Lipinski definition) is 5. The Bertz CT molecular complexity index is 1180. The summed E-state index contributed by atoms with van der Waals surface area (Å²) in [5, 5.41) is 23.2. The molecule has 0 fully saturated rings. The minimum absolute atomic E-state index is 0.00464. The zero-order chi connectivity index (χ0) is 52.9. The maximum Gasteiger partial charge on any atom is 0.305 e. The van der Waals surface area contributed by atoms with Crippen molar-refractivity contribution in [3.8, 4) is 0 Å². The average molecular weight is 1030 g/mol. The van der Waals surface area contributed by atoms with Crippen molar-refractivity contribution in [2.24, 2.45) is 0 Å². The second kappa shape index (κ2) is 62.6. The lowest BCUT2D eigenvalue weighted by Crippen LogP contribution is -2.45. The van der Waals surface area contributed by atoms with Gasteiger partial charge in [-0.25, -0.2) is 0 Å². The van der Waals surface area contributed by atoms with Crippen LogP contribution in [-0.4, -0.2) is 47.4 Å². The van der Waals surface area contributed by atoms with Gasteiger partial charge in [0.2, 0.25) is 5.91 Å². The van der Waals surface area contributed by atoms with Crippen LogP contribution >= 0.6 is 0 Å². The first-order valence-corrected chi connectivity index (χ1v) is 32.7. The molecule has 0 aromatic rings. The number of nitrogens with one attached hydrogen (secondary N) is 1. The van der Waals surface area contributed by atoms with Crippen molar-refractivity contribution in [1.82, 2.24) is 5.32 Å². The molecule has 0 aliphatic carbocycles. The summed E-state index contributed by atoms with van der Waals surface area (Å²) in [4.78, 5) is 24.5. The average Bonchev–Trinajstić information content (AvgIpc) is 3.39. The molecule has 73 heavy (non-hydrogen) atoms. The molecule has 0 bridgehead atoms. The Balaban J connectivity index is 3.38. The summed E-state index contributed by atoms with van der Waals surface area (Å²) in [6.07, 6.45) is 79.0. The van der Waals surface area contributed by atoms with E-state index in [9.17, 15) is 19.8 Å². The zero-order valence-corrected chi connectivity index (χ0v) is 49.1. The third-order valence-electron chi connectivity index (χ3n) is 15.2. The zero-order valence-electron chi connectivity index (χ0n) is 49.1. The van der Waals surface area contributed by atoms with Crippen molar-refractivity contribution in [3.63, 3.8) is 0 Å².